The summed E-state index contributed by atoms with van der Waals surface area (Å²) in [5.41, 5.74) is 0. The first-order valence-corrected chi connectivity index (χ1v) is 7.32. The van der Waals surface area contributed by atoms with Gasteiger partial charge in [-0.1, -0.05) is 19.8 Å². The van der Waals surface area contributed by atoms with E-state index in [4.69, 9.17) is 0 Å². The van der Waals surface area contributed by atoms with E-state index in [0.29, 0.717) is 18.5 Å². The molecule has 0 radical (unpaired) electrons. The Morgan fingerprint density at radius 3 is 2.76 bits per heavy atom. The number of hydrogen-bond acceptors (Lipinski definition) is 2. The first-order valence-electron chi connectivity index (χ1n) is 7.32. The topological polar surface area (TPSA) is 41.1 Å². The molecule has 1 amide bonds. The summed E-state index contributed by atoms with van der Waals surface area (Å²) < 4.78 is 0. The van der Waals surface area contributed by atoms with Crippen LogP contribution in [0.2, 0.25) is 0 Å². The second-order valence-corrected chi connectivity index (χ2v) is 5.61. The predicted molar refractivity (Wildman–Crippen MR) is 69.8 cm³/mol. The van der Waals surface area contributed by atoms with Crippen molar-refractivity contribution in [3.05, 3.63) is 0 Å². The van der Waals surface area contributed by atoms with Crippen molar-refractivity contribution in [2.24, 2.45) is 5.92 Å². The molecule has 2 unspecified atom stereocenters. The van der Waals surface area contributed by atoms with Crippen LogP contribution in [0.15, 0.2) is 0 Å². The Kier molecular flexibility index (Phi) is 4.84. The monoisotopic (exact) mass is 238 g/mol. The molecule has 0 heterocycles. The van der Waals surface area contributed by atoms with Gasteiger partial charge in [-0.05, 0) is 44.6 Å². The number of amides is 1. The standard InChI is InChI=1S/C14H26N2O/c1-2-11-5-3-6-13(11)15-10-4-7-14(17)16-12-8-9-12/h11-13,15H,2-10H2,1H3,(H,16,17). The molecule has 0 aromatic rings. The number of carbonyl (C=O) groups is 1. The van der Waals surface area contributed by atoms with Crippen molar-refractivity contribution in [2.45, 2.75) is 70.4 Å². The molecule has 0 bridgehead atoms. The van der Waals surface area contributed by atoms with E-state index in [1.807, 2.05) is 0 Å². The number of nitrogens with one attached hydrogen (secondary N) is 2. The van der Waals surface area contributed by atoms with E-state index in [-0.39, 0.29) is 5.91 Å². The van der Waals surface area contributed by atoms with Gasteiger partial charge >= 0.3 is 0 Å². The summed E-state index contributed by atoms with van der Waals surface area (Å²) >= 11 is 0. The molecule has 0 aromatic carbocycles. The zero-order valence-corrected chi connectivity index (χ0v) is 11.0. The van der Waals surface area contributed by atoms with Crippen molar-refractivity contribution in [3.8, 4) is 0 Å². The third kappa shape index (κ3) is 4.30. The normalized spacial score (nSPS) is 28.3. The zero-order chi connectivity index (χ0) is 12.1. The second-order valence-electron chi connectivity index (χ2n) is 5.61. The van der Waals surface area contributed by atoms with E-state index < -0.39 is 0 Å². The van der Waals surface area contributed by atoms with Gasteiger partial charge < -0.3 is 10.6 Å². The van der Waals surface area contributed by atoms with Gasteiger partial charge in [0.25, 0.3) is 0 Å². The summed E-state index contributed by atoms with van der Waals surface area (Å²) in [4.78, 5) is 11.5. The molecule has 3 nitrogen and oxygen atoms in total. The van der Waals surface area contributed by atoms with E-state index >= 15 is 0 Å². The molecular formula is C14H26N2O. The van der Waals surface area contributed by atoms with Crippen LogP contribution in [0, 0.1) is 5.92 Å². The van der Waals surface area contributed by atoms with Crippen molar-refractivity contribution in [1.29, 1.82) is 0 Å². The van der Waals surface area contributed by atoms with Crippen LogP contribution in [0.25, 0.3) is 0 Å². The highest BCUT2D eigenvalue weighted by Gasteiger charge is 2.25. The van der Waals surface area contributed by atoms with Gasteiger partial charge in [-0.2, -0.15) is 0 Å². The molecule has 3 heteroatoms. The lowest BCUT2D eigenvalue weighted by atomic mass is 10.0. The molecule has 0 aliphatic heterocycles. The molecule has 17 heavy (non-hydrogen) atoms. The largest absolute Gasteiger partial charge is 0.353 e. The van der Waals surface area contributed by atoms with Gasteiger partial charge in [-0.25, -0.2) is 0 Å². The average Bonchev–Trinajstić information content (AvgIpc) is 3.01. The summed E-state index contributed by atoms with van der Waals surface area (Å²) in [7, 11) is 0. The molecule has 0 aromatic heterocycles. The molecule has 2 N–H and O–H groups in total. The summed E-state index contributed by atoms with van der Waals surface area (Å²) in [6.07, 6.45) is 9.41. The highest BCUT2D eigenvalue weighted by Crippen LogP contribution is 2.27. The Bertz CT molecular complexity index is 251. The van der Waals surface area contributed by atoms with Crippen molar-refractivity contribution in [1.82, 2.24) is 10.6 Å². The zero-order valence-electron chi connectivity index (χ0n) is 11.0. The quantitative estimate of drug-likeness (QED) is 0.668. The van der Waals surface area contributed by atoms with Crippen LogP contribution in [0.1, 0.15) is 58.3 Å². The maximum absolute atomic E-state index is 11.5. The van der Waals surface area contributed by atoms with Crippen LogP contribution in [-0.2, 0) is 4.79 Å². The SMILES string of the molecule is CCC1CCCC1NCCCC(=O)NC1CC1. The highest BCUT2D eigenvalue weighted by atomic mass is 16.1. The van der Waals surface area contributed by atoms with Gasteiger partial charge in [0.05, 0.1) is 0 Å². The molecule has 2 aliphatic carbocycles. The van der Waals surface area contributed by atoms with Crippen molar-refractivity contribution in [2.75, 3.05) is 6.54 Å². The van der Waals surface area contributed by atoms with Crippen LogP contribution in [-0.4, -0.2) is 24.5 Å². The average molecular weight is 238 g/mol. The summed E-state index contributed by atoms with van der Waals surface area (Å²) in [5, 5.41) is 6.66. The van der Waals surface area contributed by atoms with Gasteiger partial charge in [0.2, 0.25) is 5.91 Å². The Labute approximate surface area is 105 Å². The Balaban J connectivity index is 1.51. The summed E-state index contributed by atoms with van der Waals surface area (Å²) in [6, 6.07) is 1.22. The van der Waals surface area contributed by atoms with Gasteiger partial charge in [-0.15, -0.1) is 0 Å². The first kappa shape index (κ1) is 12.9. The minimum atomic E-state index is 0.243. The maximum Gasteiger partial charge on any atom is 0.220 e. The van der Waals surface area contributed by atoms with E-state index in [1.54, 1.807) is 0 Å². The lowest BCUT2D eigenvalue weighted by molar-refractivity contribution is -0.121. The molecule has 2 atom stereocenters. The van der Waals surface area contributed by atoms with Crippen LogP contribution in [0.5, 0.6) is 0 Å². The number of rotatable bonds is 7. The molecule has 98 valence electrons. The van der Waals surface area contributed by atoms with E-state index in [2.05, 4.69) is 17.6 Å². The molecule has 0 saturated heterocycles. The third-order valence-electron chi connectivity index (χ3n) is 4.11. The van der Waals surface area contributed by atoms with E-state index in [0.717, 1.165) is 18.9 Å². The Morgan fingerprint density at radius 1 is 1.24 bits per heavy atom. The first-order chi connectivity index (χ1) is 8.29. The molecule has 0 spiro atoms. The maximum atomic E-state index is 11.5. The lowest BCUT2D eigenvalue weighted by Gasteiger charge is -2.19. The molecule has 2 saturated carbocycles. The van der Waals surface area contributed by atoms with E-state index in [9.17, 15) is 4.79 Å². The van der Waals surface area contributed by atoms with Crippen molar-refractivity contribution in [3.63, 3.8) is 0 Å². The van der Waals surface area contributed by atoms with Gasteiger partial charge in [0.1, 0.15) is 0 Å². The smallest absolute Gasteiger partial charge is 0.220 e. The van der Waals surface area contributed by atoms with Crippen LogP contribution in [0.3, 0.4) is 0 Å². The minimum absolute atomic E-state index is 0.243. The number of hydrogen-bond donors (Lipinski definition) is 2. The van der Waals surface area contributed by atoms with Crippen LogP contribution >= 0.6 is 0 Å². The highest BCUT2D eigenvalue weighted by molar-refractivity contribution is 5.76. The van der Waals surface area contributed by atoms with Crippen molar-refractivity contribution >= 4 is 5.91 Å². The molecule has 2 fully saturated rings. The Hall–Kier alpha value is -0.570. The molecule has 2 aliphatic rings. The predicted octanol–water partition coefficient (Wildman–Crippen LogP) is 2.21. The Morgan fingerprint density at radius 2 is 2.06 bits per heavy atom. The molecular weight excluding hydrogens is 212 g/mol. The van der Waals surface area contributed by atoms with Gasteiger partial charge in [0.15, 0.2) is 0 Å². The van der Waals surface area contributed by atoms with Crippen LogP contribution in [0.4, 0.5) is 0 Å². The second kappa shape index (κ2) is 6.39. The summed E-state index contributed by atoms with van der Waals surface area (Å²) in [5.74, 6) is 1.11. The molecule has 2 rings (SSSR count). The van der Waals surface area contributed by atoms with Crippen LogP contribution < -0.4 is 10.6 Å². The fraction of sp³-hybridized carbons (Fsp3) is 0.929. The lowest BCUT2D eigenvalue weighted by Crippen LogP contribution is -2.33. The van der Waals surface area contributed by atoms with Crippen molar-refractivity contribution < 1.29 is 4.79 Å². The minimum Gasteiger partial charge on any atom is -0.353 e. The van der Waals surface area contributed by atoms with Gasteiger partial charge in [-0.3, -0.25) is 4.79 Å². The van der Waals surface area contributed by atoms with E-state index in [1.165, 1.54) is 38.5 Å². The summed E-state index contributed by atoms with van der Waals surface area (Å²) in [6.45, 7) is 3.28. The third-order valence-corrected chi connectivity index (χ3v) is 4.11. The fourth-order valence-corrected chi connectivity index (χ4v) is 2.86. The number of carbonyl (C=O) groups excluding carboxylic acids is 1. The fourth-order valence-electron chi connectivity index (χ4n) is 2.86. The van der Waals surface area contributed by atoms with Gasteiger partial charge in [0, 0.05) is 18.5 Å².